The van der Waals surface area contributed by atoms with Crippen LogP contribution in [0.1, 0.15) is 0 Å². The molecule has 1 aromatic carbocycles. The molecule has 0 bridgehead atoms. The summed E-state index contributed by atoms with van der Waals surface area (Å²) in [4.78, 5) is -0.448. The van der Waals surface area contributed by atoms with Crippen LogP contribution < -0.4 is 15.2 Å². The molecule has 0 saturated carbocycles. The molecule has 0 atom stereocenters. The predicted molar refractivity (Wildman–Crippen MR) is 52.1 cm³/mol. The second-order valence-electron chi connectivity index (χ2n) is 2.68. The van der Waals surface area contributed by atoms with Crippen LogP contribution in [0.25, 0.3) is 0 Å². The first-order valence-corrected chi connectivity index (χ1v) is 5.29. The molecule has 83 valence electrons. The first-order valence-electron chi connectivity index (χ1n) is 3.85. The molecular weight excluding hydrogens is 222 g/mol. The number of ether oxygens (including phenoxy) is 2. The minimum absolute atomic E-state index is 0.0645. The van der Waals surface area contributed by atoms with Gasteiger partial charge < -0.3 is 9.47 Å². The fourth-order valence-electron chi connectivity index (χ4n) is 1.07. The Kier molecular flexibility index (Phi) is 3.06. The quantitative estimate of drug-likeness (QED) is 0.780. The van der Waals surface area contributed by atoms with Crippen LogP contribution >= 0.6 is 0 Å². The summed E-state index contributed by atoms with van der Waals surface area (Å²) in [5.74, 6) is 0.101. The van der Waals surface area contributed by atoms with Crippen LogP contribution in [0.5, 0.6) is 11.5 Å². The van der Waals surface area contributed by atoms with Gasteiger partial charge in [0, 0.05) is 6.07 Å². The summed E-state index contributed by atoms with van der Waals surface area (Å²) >= 11 is 0. The molecule has 1 radical (unpaired) electrons. The van der Waals surface area contributed by atoms with Gasteiger partial charge in [0.15, 0.2) is 0 Å². The molecule has 6 nitrogen and oxygen atoms in total. The van der Waals surface area contributed by atoms with Crippen molar-refractivity contribution in [3.8, 4) is 11.5 Å². The van der Waals surface area contributed by atoms with Crippen LogP contribution in [0, 0.1) is 0 Å². The molecule has 0 amide bonds. The van der Waals surface area contributed by atoms with E-state index in [1.54, 1.807) is 0 Å². The molecule has 0 aromatic heterocycles. The minimum Gasteiger partial charge on any atom is -0.495 e. The molecule has 0 aliphatic heterocycles. The molecule has 1 aromatic rings. The van der Waals surface area contributed by atoms with Gasteiger partial charge in [0.05, 0.1) is 19.9 Å². The molecule has 0 heterocycles. The average molecular weight is 232 g/mol. The van der Waals surface area contributed by atoms with E-state index in [0.717, 1.165) is 6.07 Å². The van der Waals surface area contributed by atoms with Crippen LogP contribution in [0.3, 0.4) is 0 Å². The highest BCUT2D eigenvalue weighted by Gasteiger charge is 2.19. The molecule has 0 aliphatic rings. The molecule has 0 unspecified atom stereocenters. The predicted octanol–water partition coefficient (Wildman–Crippen LogP) is 0.865. The second kappa shape index (κ2) is 3.95. The van der Waals surface area contributed by atoms with Gasteiger partial charge in [0.1, 0.15) is 16.4 Å². The number of rotatable bonds is 3. The first-order chi connectivity index (χ1) is 6.90. The van der Waals surface area contributed by atoms with Crippen molar-refractivity contribution < 1.29 is 22.4 Å². The maximum atomic E-state index is 10.9. The van der Waals surface area contributed by atoms with Gasteiger partial charge in [-0.25, -0.2) is 0 Å². The molecule has 2 N–H and O–H groups in total. The summed E-state index contributed by atoms with van der Waals surface area (Å²) < 4.78 is 40.3. The van der Waals surface area contributed by atoms with Crippen LogP contribution in [0.15, 0.2) is 17.0 Å². The summed E-state index contributed by atoms with van der Waals surface area (Å²) in [6.45, 7) is 0. The van der Waals surface area contributed by atoms with Crippen molar-refractivity contribution in [3.05, 3.63) is 12.1 Å². The smallest absolute Gasteiger partial charge is 0.298 e. The van der Waals surface area contributed by atoms with Crippen molar-refractivity contribution in [1.29, 1.82) is 0 Å². The maximum Gasteiger partial charge on any atom is 0.298 e. The van der Waals surface area contributed by atoms with Gasteiger partial charge in [-0.1, -0.05) is 0 Å². The zero-order chi connectivity index (χ0) is 11.6. The van der Waals surface area contributed by atoms with E-state index in [-0.39, 0.29) is 17.2 Å². The van der Waals surface area contributed by atoms with Crippen LogP contribution in [-0.2, 0) is 10.1 Å². The number of hydrogen-bond acceptors (Lipinski definition) is 4. The van der Waals surface area contributed by atoms with Gasteiger partial charge in [0.2, 0.25) is 0 Å². The fraction of sp³-hybridized carbons (Fsp3) is 0.250. The molecule has 1 rings (SSSR count). The highest BCUT2D eigenvalue weighted by Crippen LogP contribution is 2.34. The lowest BCUT2D eigenvalue weighted by Gasteiger charge is -2.09. The van der Waals surface area contributed by atoms with Crippen molar-refractivity contribution in [3.63, 3.8) is 0 Å². The molecule has 0 saturated heterocycles. The molecule has 7 heteroatoms. The standard InChI is InChI=1S/C8H10NO5S/c1-13-6-4-7(14-2)8(3-5(6)9)15(10,11)12/h3-4,9H,1-2H3,(H,10,11,12). The van der Waals surface area contributed by atoms with Gasteiger partial charge in [-0.3, -0.25) is 10.3 Å². The first kappa shape index (κ1) is 11.6. The van der Waals surface area contributed by atoms with Gasteiger partial charge in [-0.05, 0) is 6.07 Å². The number of hydrogen-bond donors (Lipinski definition) is 1. The van der Waals surface area contributed by atoms with Crippen molar-refractivity contribution in [2.24, 2.45) is 0 Å². The summed E-state index contributed by atoms with van der Waals surface area (Å²) in [5.41, 5.74) is 7.26. The highest BCUT2D eigenvalue weighted by atomic mass is 32.2. The van der Waals surface area contributed by atoms with E-state index in [4.69, 9.17) is 19.8 Å². The Balaban J connectivity index is 3.48. The summed E-state index contributed by atoms with van der Waals surface area (Å²) in [6.07, 6.45) is 0. The third-order valence-electron chi connectivity index (χ3n) is 1.76. The molecule has 0 spiro atoms. The van der Waals surface area contributed by atoms with E-state index >= 15 is 0 Å². The summed E-state index contributed by atoms with van der Waals surface area (Å²) in [6, 6.07) is 2.19. The minimum atomic E-state index is -4.39. The van der Waals surface area contributed by atoms with Crippen LogP contribution in [-0.4, -0.2) is 27.2 Å². The Bertz CT molecular complexity index is 468. The fourth-order valence-corrected chi connectivity index (χ4v) is 1.73. The van der Waals surface area contributed by atoms with Gasteiger partial charge >= 0.3 is 0 Å². The number of methoxy groups -OCH3 is 2. The van der Waals surface area contributed by atoms with E-state index < -0.39 is 15.0 Å². The van der Waals surface area contributed by atoms with E-state index in [1.165, 1.54) is 20.3 Å². The normalized spacial score (nSPS) is 11.1. The summed E-state index contributed by atoms with van der Waals surface area (Å²) in [5, 5.41) is 0. The number of benzene rings is 1. The Morgan fingerprint density at radius 3 is 2.13 bits per heavy atom. The monoisotopic (exact) mass is 232 g/mol. The van der Waals surface area contributed by atoms with E-state index in [2.05, 4.69) is 0 Å². The number of nitrogens with one attached hydrogen (secondary N) is 1. The van der Waals surface area contributed by atoms with Crippen molar-refractivity contribution in [2.75, 3.05) is 14.2 Å². The lowest BCUT2D eigenvalue weighted by Crippen LogP contribution is -2.02. The van der Waals surface area contributed by atoms with E-state index in [9.17, 15) is 8.42 Å². The second-order valence-corrected chi connectivity index (χ2v) is 4.07. The van der Waals surface area contributed by atoms with Crippen molar-refractivity contribution >= 4 is 15.8 Å². The van der Waals surface area contributed by atoms with Crippen molar-refractivity contribution in [2.45, 2.75) is 4.90 Å². The Labute approximate surface area is 87.4 Å². The molecule has 0 fully saturated rings. The zero-order valence-corrected chi connectivity index (χ0v) is 8.96. The third kappa shape index (κ3) is 2.31. The Morgan fingerprint density at radius 2 is 1.73 bits per heavy atom. The van der Waals surface area contributed by atoms with Gasteiger partial charge in [0.25, 0.3) is 10.1 Å². The Morgan fingerprint density at radius 1 is 1.20 bits per heavy atom. The largest absolute Gasteiger partial charge is 0.495 e. The topological polar surface area (TPSA) is 96.6 Å². The van der Waals surface area contributed by atoms with Crippen LogP contribution in [0.4, 0.5) is 5.69 Å². The van der Waals surface area contributed by atoms with E-state index in [1.807, 2.05) is 0 Å². The van der Waals surface area contributed by atoms with Crippen molar-refractivity contribution in [1.82, 2.24) is 5.73 Å². The third-order valence-corrected chi connectivity index (χ3v) is 2.64. The van der Waals surface area contributed by atoms with Crippen LogP contribution in [0.2, 0.25) is 0 Å². The zero-order valence-electron chi connectivity index (χ0n) is 8.14. The summed E-state index contributed by atoms with van der Waals surface area (Å²) in [7, 11) is -1.79. The molecular formula is C8H10NO5S. The average Bonchev–Trinajstić information content (AvgIpc) is 2.16. The molecule has 15 heavy (non-hydrogen) atoms. The van der Waals surface area contributed by atoms with Gasteiger partial charge in [-0.15, -0.1) is 0 Å². The Hall–Kier alpha value is -1.47. The van der Waals surface area contributed by atoms with E-state index in [0.29, 0.717) is 0 Å². The lowest BCUT2D eigenvalue weighted by molar-refractivity contribution is 0.383. The SMILES string of the molecule is COc1cc(OC)c(S(=O)(=O)O)cc1[NH]. The maximum absolute atomic E-state index is 10.9. The molecule has 0 aliphatic carbocycles. The lowest BCUT2D eigenvalue weighted by atomic mass is 10.3. The highest BCUT2D eigenvalue weighted by molar-refractivity contribution is 7.86. The van der Waals surface area contributed by atoms with Gasteiger partial charge in [-0.2, -0.15) is 8.42 Å².